The van der Waals surface area contributed by atoms with E-state index in [1.807, 2.05) is 6.07 Å². The summed E-state index contributed by atoms with van der Waals surface area (Å²) in [4.78, 5) is 99.4. The number of amides is 3. The minimum Gasteiger partial charge on any atom is -0.497 e. The van der Waals surface area contributed by atoms with Crippen LogP contribution in [0.5, 0.6) is 5.75 Å². The molecular formula is C38H39Cl2N5O11S. The van der Waals surface area contributed by atoms with Gasteiger partial charge >= 0.3 is 23.9 Å². The predicted molar refractivity (Wildman–Crippen MR) is 209 cm³/mol. The number of nitrogens with one attached hydrogen (secondary N) is 3. The Morgan fingerprint density at radius 1 is 0.982 bits per heavy atom. The Balaban J connectivity index is 1.46. The molecule has 19 heteroatoms. The Kier molecular flexibility index (Phi) is 17.9. The van der Waals surface area contributed by atoms with Gasteiger partial charge in [-0.1, -0.05) is 47.5 Å². The van der Waals surface area contributed by atoms with Crippen molar-refractivity contribution in [3.8, 4) is 11.8 Å². The van der Waals surface area contributed by atoms with E-state index in [0.29, 0.717) is 34.6 Å². The van der Waals surface area contributed by atoms with E-state index >= 15 is 0 Å². The Morgan fingerprint density at radius 2 is 1.65 bits per heavy atom. The van der Waals surface area contributed by atoms with Gasteiger partial charge in [0, 0.05) is 41.8 Å². The van der Waals surface area contributed by atoms with Crippen molar-refractivity contribution in [3.63, 3.8) is 0 Å². The topological polar surface area (TPSA) is 250 Å². The molecule has 1 unspecified atom stereocenters. The third-order valence-electron chi connectivity index (χ3n) is 8.28. The molecular weight excluding hydrogens is 805 g/mol. The first-order valence-corrected chi connectivity index (χ1v) is 18.6. The van der Waals surface area contributed by atoms with Gasteiger partial charge in [0.2, 0.25) is 17.7 Å². The minimum atomic E-state index is -1.45. The molecule has 0 radical (unpaired) electrons. The molecule has 0 saturated heterocycles. The molecule has 0 bridgehead atoms. The number of ether oxygens (including phenoxy) is 3. The third-order valence-corrected chi connectivity index (χ3v) is 9.44. The smallest absolute Gasteiger partial charge is 0.358 e. The number of Topliss-reactive ketones (excluding diaryl/α,β-unsaturated/α-hetero) is 1. The number of benzene rings is 2. The third kappa shape index (κ3) is 14.2. The monoisotopic (exact) mass is 843 g/mol. The summed E-state index contributed by atoms with van der Waals surface area (Å²) in [5.41, 5.74) is 8.19. The van der Waals surface area contributed by atoms with Gasteiger partial charge in [0.1, 0.15) is 35.3 Å². The molecule has 2 aromatic rings. The summed E-state index contributed by atoms with van der Waals surface area (Å²) in [5, 5.41) is 15.9. The number of nitrogens with two attached hydrogens (primary N) is 1. The van der Waals surface area contributed by atoms with Crippen LogP contribution in [-0.2, 0) is 54.3 Å². The molecule has 0 aliphatic heterocycles. The molecule has 2 aromatic carbocycles. The Hall–Kier alpha value is -5.54. The van der Waals surface area contributed by atoms with Gasteiger partial charge in [-0.05, 0) is 60.2 Å². The minimum absolute atomic E-state index is 0.00738. The van der Waals surface area contributed by atoms with Gasteiger partial charge in [0.15, 0.2) is 5.78 Å². The quantitative estimate of drug-likeness (QED) is 0.0666. The molecule has 3 atom stereocenters. The molecule has 1 aliphatic carbocycles. The van der Waals surface area contributed by atoms with Crippen LogP contribution in [0.1, 0.15) is 50.2 Å². The lowest BCUT2D eigenvalue weighted by Gasteiger charge is -2.22. The van der Waals surface area contributed by atoms with Crippen molar-refractivity contribution < 1.29 is 52.6 Å². The van der Waals surface area contributed by atoms with E-state index in [4.69, 9.17) is 43.1 Å². The van der Waals surface area contributed by atoms with Gasteiger partial charge in [-0.3, -0.25) is 24.0 Å². The van der Waals surface area contributed by atoms with E-state index in [1.165, 1.54) is 14.0 Å². The lowest BCUT2D eigenvalue weighted by molar-refractivity contribution is -0.160. The average molecular weight is 845 g/mol. The zero-order valence-corrected chi connectivity index (χ0v) is 33.1. The van der Waals surface area contributed by atoms with E-state index in [0.717, 1.165) is 0 Å². The molecule has 1 aliphatic rings. The number of carbonyl (C=O) groups excluding carboxylic acids is 8. The largest absolute Gasteiger partial charge is 0.497 e. The van der Waals surface area contributed by atoms with Crippen LogP contribution in [0.15, 0.2) is 64.2 Å². The second-order valence-corrected chi connectivity index (χ2v) is 13.6. The van der Waals surface area contributed by atoms with E-state index in [1.54, 1.807) is 48.5 Å². The summed E-state index contributed by atoms with van der Waals surface area (Å²) in [7, 11) is 1.50. The maximum absolute atomic E-state index is 13.0. The molecule has 0 spiro atoms. The molecule has 302 valence electrons. The predicted octanol–water partition coefficient (Wildman–Crippen LogP) is 3.01. The van der Waals surface area contributed by atoms with E-state index in [2.05, 4.69) is 28.6 Å². The Bertz CT molecular complexity index is 2000. The van der Waals surface area contributed by atoms with Crippen LogP contribution in [0.25, 0.3) is 5.57 Å². The van der Waals surface area contributed by atoms with Crippen molar-refractivity contribution in [1.29, 1.82) is 5.26 Å². The lowest BCUT2D eigenvalue weighted by atomic mass is 9.79. The van der Waals surface area contributed by atoms with Crippen molar-refractivity contribution >= 4 is 94.5 Å². The highest BCUT2D eigenvalue weighted by molar-refractivity contribution is 7.80. The highest BCUT2D eigenvalue weighted by Crippen LogP contribution is 2.35. The van der Waals surface area contributed by atoms with E-state index in [9.17, 15) is 43.6 Å². The van der Waals surface area contributed by atoms with Crippen molar-refractivity contribution in [1.82, 2.24) is 10.6 Å². The highest BCUT2D eigenvalue weighted by Gasteiger charge is 2.32. The number of methoxy groups -OCH3 is 1. The molecule has 0 heterocycles. The van der Waals surface area contributed by atoms with Crippen LogP contribution < -0.4 is 26.4 Å². The number of nitrogens with zero attached hydrogens (tertiary/aromatic N) is 1. The number of carbonyl (C=O) groups is 8. The summed E-state index contributed by atoms with van der Waals surface area (Å²) in [6.45, 7) is 0.581. The number of rotatable bonds is 17. The SMILES string of the molecule is COc1ccc(C2=C(CC(=O)OC(=O)CNC(=O)[C@H](CS)NC(=O)CC[C@H](N)C(=O)OC(=O)C(Cl)=C(Cl)Cc3ccc(NC(C)=O)cc3)C(=O)C(C#N)CC2)cc1. The van der Waals surface area contributed by atoms with Gasteiger partial charge in [-0.25, -0.2) is 14.4 Å². The first kappa shape index (κ1) is 45.8. The molecule has 3 amide bonds. The zero-order chi connectivity index (χ0) is 42.2. The summed E-state index contributed by atoms with van der Waals surface area (Å²) >= 11 is 16.2. The second kappa shape index (κ2) is 22.3. The van der Waals surface area contributed by atoms with Crippen molar-refractivity contribution in [2.24, 2.45) is 11.7 Å². The fourth-order valence-corrected chi connectivity index (χ4v) is 5.93. The number of ketones is 1. The van der Waals surface area contributed by atoms with Crippen molar-refractivity contribution in [2.75, 3.05) is 24.7 Å². The van der Waals surface area contributed by atoms with Gasteiger partial charge in [0.25, 0.3) is 0 Å². The number of halogens is 2. The fourth-order valence-electron chi connectivity index (χ4n) is 5.34. The van der Waals surface area contributed by atoms with Gasteiger partial charge in [-0.15, -0.1) is 0 Å². The summed E-state index contributed by atoms with van der Waals surface area (Å²) in [6.07, 6.45) is -0.693. The summed E-state index contributed by atoms with van der Waals surface area (Å²) in [5.74, 6) is -7.70. The van der Waals surface area contributed by atoms with E-state index < -0.39 is 83.9 Å². The summed E-state index contributed by atoms with van der Waals surface area (Å²) in [6, 6.07) is 12.5. The van der Waals surface area contributed by atoms with Crippen LogP contribution in [0, 0.1) is 17.2 Å². The molecule has 16 nitrogen and oxygen atoms in total. The van der Waals surface area contributed by atoms with Crippen LogP contribution in [0.4, 0.5) is 5.69 Å². The maximum Gasteiger partial charge on any atom is 0.358 e. The molecule has 0 fully saturated rings. The van der Waals surface area contributed by atoms with E-state index in [-0.39, 0.29) is 41.5 Å². The van der Waals surface area contributed by atoms with Gasteiger partial charge in [0.05, 0.1) is 19.6 Å². The van der Waals surface area contributed by atoms with Crippen LogP contribution >= 0.6 is 35.8 Å². The first-order chi connectivity index (χ1) is 27.1. The Morgan fingerprint density at radius 3 is 2.25 bits per heavy atom. The second-order valence-electron chi connectivity index (χ2n) is 12.4. The molecule has 0 aromatic heterocycles. The normalized spacial score (nSPS) is 15.2. The van der Waals surface area contributed by atoms with Crippen LogP contribution in [0.3, 0.4) is 0 Å². The zero-order valence-electron chi connectivity index (χ0n) is 30.7. The average Bonchev–Trinajstić information content (AvgIpc) is 3.18. The Labute approximate surface area is 342 Å². The first-order valence-electron chi connectivity index (χ1n) is 17.2. The standard InChI is InChI=1S/C38H39Cl2N5O11S/c1-20(46)44-24-8-3-21(4-9-24)15-28(39)34(40)38(53)56-37(52)29(42)13-14-31(47)45-30(19-57)36(51)43-18-33(49)55-32(48)16-27-26(12-7-23(17-41)35(27)50)22-5-10-25(54-2)11-6-22/h3-6,8-11,23,29-30,57H,7,12-16,18-19,42H2,1-2H3,(H,43,51)(H,44,46)(H,45,47)/t23?,29-,30-/m0/s1. The number of nitriles is 1. The van der Waals surface area contributed by atoms with Crippen molar-refractivity contribution in [2.45, 2.75) is 57.5 Å². The van der Waals surface area contributed by atoms with Crippen LogP contribution in [-0.4, -0.2) is 78.9 Å². The fraction of sp³-hybridized carbons (Fsp3) is 0.342. The number of thiol groups is 1. The van der Waals surface area contributed by atoms with Crippen LogP contribution in [0.2, 0.25) is 0 Å². The van der Waals surface area contributed by atoms with Crippen molar-refractivity contribution in [3.05, 3.63) is 75.3 Å². The maximum atomic E-state index is 13.0. The molecule has 3 rings (SSSR count). The molecule has 57 heavy (non-hydrogen) atoms. The number of anilines is 1. The molecule has 5 N–H and O–H groups in total. The lowest BCUT2D eigenvalue weighted by Crippen LogP contribution is -2.49. The number of esters is 4. The van der Waals surface area contributed by atoms with Gasteiger partial charge in [-0.2, -0.15) is 17.9 Å². The summed E-state index contributed by atoms with van der Waals surface area (Å²) < 4.78 is 14.7. The highest BCUT2D eigenvalue weighted by atomic mass is 35.5. The van der Waals surface area contributed by atoms with Gasteiger partial charge < -0.3 is 35.9 Å². The number of hydrogen-bond acceptors (Lipinski definition) is 14. The molecule has 0 saturated carbocycles. The number of allylic oxidation sites excluding steroid dienone is 2. The number of hydrogen-bond donors (Lipinski definition) is 5.